The fraction of sp³-hybridized carbons (Fsp3) is 0.357. The van der Waals surface area contributed by atoms with Gasteiger partial charge in [-0.3, -0.25) is 9.36 Å². The van der Waals surface area contributed by atoms with Crippen LogP contribution in [-0.2, 0) is 12.8 Å². The lowest BCUT2D eigenvalue weighted by molar-refractivity contribution is 0.0941. The van der Waals surface area contributed by atoms with Gasteiger partial charge in [0, 0.05) is 18.5 Å². The van der Waals surface area contributed by atoms with Gasteiger partial charge >= 0.3 is 0 Å². The molecule has 0 N–H and O–H groups in total. The zero-order valence-electron chi connectivity index (χ0n) is 9.71. The molecular formula is C14H15NO. The third kappa shape index (κ3) is 1.16. The summed E-state index contributed by atoms with van der Waals surface area (Å²) < 4.78 is 1.79. The molecule has 1 aliphatic rings. The Labute approximate surface area is 94.9 Å². The average molecular weight is 213 g/mol. The van der Waals surface area contributed by atoms with Crippen LogP contribution in [0.5, 0.6) is 0 Å². The maximum atomic E-state index is 11.6. The lowest BCUT2D eigenvalue weighted by Gasteiger charge is -2.14. The number of nitrogens with zero attached hydrogens (tertiary/aromatic N) is 1. The number of carbonyl (C=O) groups excluding carboxylic acids is 1. The van der Waals surface area contributed by atoms with E-state index in [-0.39, 0.29) is 5.91 Å². The average Bonchev–Trinajstić information content (AvgIpc) is 2.64. The maximum Gasteiger partial charge on any atom is 0.227 e. The van der Waals surface area contributed by atoms with Crippen LogP contribution in [0.4, 0.5) is 0 Å². The molecule has 2 nitrogen and oxygen atoms in total. The Morgan fingerprint density at radius 3 is 2.88 bits per heavy atom. The summed E-state index contributed by atoms with van der Waals surface area (Å²) in [6, 6.07) is 4.20. The molecule has 1 aliphatic carbocycles. The molecule has 2 aromatic rings. The van der Waals surface area contributed by atoms with Gasteiger partial charge in [0.1, 0.15) is 0 Å². The zero-order chi connectivity index (χ0) is 11.3. The Balaban J connectivity index is 2.45. The summed E-state index contributed by atoms with van der Waals surface area (Å²) in [7, 11) is 0. The Morgan fingerprint density at radius 2 is 2.12 bits per heavy atom. The molecule has 0 atom stereocenters. The Morgan fingerprint density at radius 1 is 1.31 bits per heavy atom. The van der Waals surface area contributed by atoms with Gasteiger partial charge in [-0.25, -0.2) is 0 Å². The summed E-state index contributed by atoms with van der Waals surface area (Å²) in [6.45, 7) is 3.79. The number of aryl methyl sites for hydroxylation is 3. The molecule has 0 radical (unpaired) electrons. The number of hydrogen-bond acceptors (Lipinski definition) is 1. The van der Waals surface area contributed by atoms with E-state index < -0.39 is 0 Å². The highest BCUT2D eigenvalue weighted by Crippen LogP contribution is 2.33. The molecule has 82 valence electrons. The molecule has 0 fully saturated rings. The first-order valence-corrected chi connectivity index (χ1v) is 5.82. The van der Waals surface area contributed by atoms with Crippen LogP contribution in [0.2, 0.25) is 0 Å². The van der Waals surface area contributed by atoms with E-state index in [0.29, 0.717) is 0 Å². The first-order chi connectivity index (χ1) is 7.68. The fourth-order valence-electron chi connectivity index (χ4n) is 2.82. The molecule has 0 unspecified atom stereocenters. The van der Waals surface area contributed by atoms with Crippen LogP contribution in [-0.4, -0.2) is 10.5 Å². The molecule has 1 heterocycles. The predicted octanol–water partition coefficient (Wildman–Crippen LogP) is 3.10. The number of hydrogen-bond donors (Lipinski definition) is 0. The zero-order valence-corrected chi connectivity index (χ0v) is 9.71. The van der Waals surface area contributed by atoms with Crippen molar-refractivity contribution in [1.29, 1.82) is 0 Å². The first kappa shape index (κ1) is 9.64. The van der Waals surface area contributed by atoms with Crippen LogP contribution in [0.15, 0.2) is 18.3 Å². The minimum Gasteiger partial charge on any atom is -0.287 e. The minimum atomic E-state index is 0.105. The van der Waals surface area contributed by atoms with Crippen molar-refractivity contribution in [1.82, 2.24) is 4.57 Å². The Hall–Kier alpha value is -1.57. The molecule has 0 spiro atoms. The SMILES string of the molecule is CC(=O)n1cc2c3c(c(C)ccc31)CCC2. The molecule has 16 heavy (non-hydrogen) atoms. The van der Waals surface area contributed by atoms with Gasteiger partial charge < -0.3 is 0 Å². The van der Waals surface area contributed by atoms with Crippen molar-refractivity contribution in [3.63, 3.8) is 0 Å². The van der Waals surface area contributed by atoms with Gasteiger partial charge in [-0.1, -0.05) is 6.07 Å². The number of carbonyl (C=O) groups is 1. The number of benzene rings is 1. The van der Waals surface area contributed by atoms with Crippen molar-refractivity contribution in [2.24, 2.45) is 0 Å². The van der Waals surface area contributed by atoms with Crippen LogP contribution in [0, 0.1) is 6.92 Å². The quantitative estimate of drug-likeness (QED) is 0.659. The highest BCUT2D eigenvalue weighted by atomic mass is 16.1. The highest BCUT2D eigenvalue weighted by molar-refractivity contribution is 5.96. The van der Waals surface area contributed by atoms with E-state index in [2.05, 4.69) is 19.1 Å². The summed E-state index contributed by atoms with van der Waals surface area (Å²) in [5.41, 5.74) is 5.23. The van der Waals surface area contributed by atoms with Crippen molar-refractivity contribution in [2.75, 3.05) is 0 Å². The summed E-state index contributed by atoms with van der Waals surface area (Å²) in [6.07, 6.45) is 5.48. The highest BCUT2D eigenvalue weighted by Gasteiger charge is 2.18. The molecule has 3 rings (SSSR count). The van der Waals surface area contributed by atoms with Crippen LogP contribution >= 0.6 is 0 Å². The normalized spacial score (nSPS) is 14.4. The molecule has 1 aromatic carbocycles. The third-order valence-corrected chi connectivity index (χ3v) is 3.60. The Bertz CT molecular complexity index is 592. The van der Waals surface area contributed by atoms with Crippen molar-refractivity contribution >= 4 is 16.8 Å². The lowest BCUT2D eigenvalue weighted by atomic mass is 9.90. The van der Waals surface area contributed by atoms with E-state index in [0.717, 1.165) is 18.4 Å². The summed E-state index contributed by atoms with van der Waals surface area (Å²) in [4.78, 5) is 11.6. The minimum absolute atomic E-state index is 0.105. The van der Waals surface area contributed by atoms with Crippen molar-refractivity contribution in [3.8, 4) is 0 Å². The van der Waals surface area contributed by atoms with E-state index in [1.165, 1.54) is 28.5 Å². The standard InChI is InChI=1S/C14H15NO/c1-9-6-7-13-14-11(4-3-5-12(9)14)8-15(13)10(2)16/h6-8H,3-5H2,1-2H3. The Kier molecular flexibility index (Phi) is 1.93. The van der Waals surface area contributed by atoms with E-state index in [4.69, 9.17) is 0 Å². The second kappa shape index (κ2) is 3.21. The molecule has 0 saturated heterocycles. The molecule has 0 aliphatic heterocycles. The van der Waals surface area contributed by atoms with E-state index >= 15 is 0 Å². The maximum absolute atomic E-state index is 11.6. The van der Waals surface area contributed by atoms with Gasteiger partial charge in [-0.05, 0) is 48.9 Å². The summed E-state index contributed by atoms with van der Waals surface area (Å²) >= 11 is 0. The van der Waals surface area contributed by atoms with Gasteiger partial charge in [0.25, 0.3) is 0 Å². The molecular weight excluding hydrogens is 198 g/mol. The molecule has 2 heteroatoms. The van der Waals surface area contributed by atoms with Gasteiger partial charge in [0.2, 0.25) is 5.91 Å². The van der Waals surface area contributed by atoms with E-state index in [1.54, 1.807) is 11.5 Å². The van der Waals surface area contributed by atoms with Crippen LogP contribution < -0.4 is 0 Å². The van der Waals surface area contributed by atoms with Crippen molar-refractivity contribution in [2.45, 2.75) is 33.1 Å². The second-order valence-corrected chi connectivity index (χ2v) is 4.65. The summed E-state index contributed by atoms with van der Waals surface area (Å²) in [5.74, 6) is 0.105. The largest absolute Gasteiger partial charge is 0.287 e. The van der Waals surface area contributed by atoms with Crippen molar-refractivity contribution < 1.29 is 4.79 Å². The third-order valence-electron chi connectivity index (χ3n) is 3.60. The fourth-order valence-corrected chi connectivity index (χ4v) is 2.82. The smallest absolute Gasteiger partial charge is 0.227 e. The monoisotopic (exact) mass is 213 g/mol. The van der Waals surface area contributed by atoms with Crippen LogP contribution in [0.1, 0.15) is 34.8 Å². The second-order valence-electron chi connectivity index (χ2n) is 4.65. The van der Waals surface area contributed by atoms with E-state index in [9.17, 15) is 4.79 Å². The van der Waals surface area contributed by atoms with E-state index in [1.807, 2.05) is 6.20 Å². The lowest BCUT2D eigenvalue weighted by Crippen LogP contribution is -2.03. The first-order valence-electron chi connectivity index (χ1n) is 5.82. The molecule has 0 saturated carbocycles. The molecule has 0 bridgehead atoms. The predicted molar refractivity (Wildman–Crippen MR) is 65.0 cm³/mol. The van der Waals surface area contributed by atoms with Crippen LogP contribution in [0.3, 0.4) is 0 Å². The van der Waals surface area contributed by atoms with Gasteiger partial charge in [0.15, 0.2) is 0 Å². The molecule has 1 aromatic heterocycles. The van der Waals surface area contributed by atoms with Crippen molar-refractivity contribution in [3.05, 3.63) is 35.0 Å². The van der Waals surface area contributed by atoms with Crippen LogP contribution in [0.25, 0.3) is 10.9 Å². The van der Waals surface area contributed by atoms with Gasteiger partial charge in [-0.15, -0.1) is 0 Å². The van der Waals surface area contributed by atoms with Gasteiger partial charge in [0.05, 0.1) is 5.52 Å². The number of aromatic nitrogens is 1. The molecule has 0 amide bonds. The van der Waals surface area contributed by atoms with Gasteiger partial charge in [-0.2, -0.15) is 0 Å². The summed E-state index contributed by atoms with van der Waals surface area (Å²) in [5, 5.41) is 1.33. The number of rotatable bonds is 0. The topological polar surface area (TPSA) is 22.0 Å².